The van der Waals surface area contributed by atoms with Gasteiger partial charge in [-0.05, 0) is 23.6 Å². The van der Waals surface area contributed by atoms with Crippen LogP contribution in [0.25, 0.3) is 0 Å². The van der Waals surface area contributed by atoms with E-state index in [-0.39, 0.29) is 36.8 Å². The van der Waals surface area contributed by atoms with Crippen molar-refractivity contribution in [2.75, 3.05) is 13.1 Å². The van der Waals surface area contributed by atoms with E-state index in [4.69, 9.17) is 0 Å². The second-order valence-corrected chi connectivity index (χ2v) is 6.47. The Balaban J connectivity index is 1.68. The molecule has 1 saturated heterocycles. The number of nitrogens with zero attached hydrogens (tertiary/aromatic N) is 1. The third kappa shape index (κ3) is 3.74. The molecule has 1 heterocycles. The Morgan fingerprint density at radius 1 is 1.04 bits per heavy atom. The fourth-order valence-corrected chi connectivity index (χ4v) is 3.44. The lowest BCUT2D eigenvalue weighted by Crippen LogP contribution is -2.30. The van der Waals surface area contributed by atoms with Gasteiger partial charge in [-0.15, -0.1) is 0 Å². The van der Waals surface area contributed by atoms with Gasteiger partial charge < -0.3 is 10.0 Å². The number of halogens is 2. The normalized spacial score (nSPS) is 19.5. The minimum Gasteiger partial charge on any atom is -0.481 e. The van der Waals surface area contributed by atoms with Crippen LogP contribution in [-0.4, -0.2) is 35.0 Å². The van der Waals surface area contributed by atoms with E-state index in [9.17, 15) is 23.5 Å². The van der Waals surface area contributed by atoms with Gasteiger partial charge >= 0.3 is 5.97 Å². The zero-order valence-corrected chi connectivity index (χ0v) is 14.1. The van der Waals surface area contributed by atoms with Crippen LogP contribution in [0.15, 0.2) is 48.5 Å². The summed E-state index contributed by atoms with van der Waals surface area (Å²) in [5.41, 5.74) is 1.03. The first-order chi connectivity index (χ1) is 12.5. The Hall–Kier alpha value is -2.76. The van der Waals surface area contributed by atoms with Crippen molar-refractivity contribution < 1.29 is 23.5 Å². The number of carbonyl (C=O) groups excluding carboxylic acids is 1. The molecule has 3 rings (SSSR count). The Kier molecular flexibility index (Phi) is 5.30. The van der Waals surface area contributed by atoms with Gasteiger partial charge in [0.15, 0.2) is 11.6 Å². The number of aryl methyl sites for hydroxylation is 1. The highest BCUT2D eigenvalue weighted by Gasteiger charge is 2.40. The molecule has 1 amide bonds. The second-order valence-electron chi connectivity index (χ2n) is 6.47. The molecule has 136 valence electrons. The van der Waals surface area contributed by atoms with Crippen molar-refractivity contribution in [2.45, 2.75) is 18.8 Å². The topological polar surface area (TPSA) is 57.6 Å². The molecule has 1 aliphatic rings. The summed E-state index contributed by atoms with van der Waals surface area (Å²) >= 11 is 0. The average molecular weight is 359 g/mol. The number of rotatable bonds is 5. The maximum Gasteiger partial charge on any atom is 0.308 e. The van der Waals surface area contributed by atoms with Gasteiger partial charge in [-0.2, -0.15) is 0 Å². The monoisotopic (exact) mass is 359 g/mol. The molecule has 0 radical (unpaired) electrons. The first kappa shape index (κ1) is 18.0. The molecule has 0 aromatic heterocycles. The standard InChI is InChI=1S/C20H19F2NO3/c21-17-8-4-7-14(19(17)22)9-10-18(24)23-11-15(16(12-23)20(25)26)13-5-2-1-3-6-13/h1-8,15-16H,9-12H2,(H,25,26). The molecule has 0 bridgehead atoms. The summed E-state index contributed by atoms with van der Waals surface area (Å²) in [5.74, 6) is -4.02. The number of carboxylic acid groups (broad SMARTS) is 1. The lowest BCUT2D eigenvalue weighted by atomic mass is 9.89. The molecule has 0 aliphatic carbocycles. The lowest BCUT2D eigenvalue weighted by molar-refractivity contribution is -0.141. The molecular formula is C20H19F2NO3. The van der Waals surface area contributed by atoms with Crippen LogP contribution in [-0.2, 0) is 16.0 Å². The van der Waals surface area contributed by atoms with E-state index < -0.39 is 23.5 Å². The molecule has 6 heteroatoms. The predicted octanol–water partition coefficient (Wildman–Crippen LogP) is 3.22. The van der Waals surface area contributed by atoms with Crippen LogP contribution in [0.2, 0.25) is 0 Å². The zero-order chi connectivity index (χ0) is 18.7. The smallest absolute Gasteiger partial charge is 0.308 e. The first-order valence-electron chi connectivity index (χ1n) is 8.45. The maximum atomic E-state index is 13.7. The number of hydrogen-bond donors (Lipinski definition) is 1. The number of aliphatic carboxylic acids is 1. The first-order valence-corrected chi connectivity index (χ1v) is 8.45. The van der Waals surface area contributed by atoms with Crippen LogP contribution in [0.4, 0.5) is 8.78 Å². The minimum absolute atomic E-state index is 0.00816. The number of likely N-dealkylation sites (tertiary alicyclic amines) is 1. The molecule has 2 unspecified atom stereocenters. The minimum atomic E-state index is -0.940. The average Bonchev–Trinajstić information content (AvgIpc) is 3.09. The fourth-order valence-electron chi connectivity index (χ4n) is 3.44. The molecule has 1 N–H and O–H groups in total. The number of benzene rings is 2. The molecule has 2 atom stereocenters. The van der Waals surface area contributed by atoms with E-state index in [0.717, 1.165) is 11.6 Å². The summed E-state index contributed by atoms with van der Waals surface area (Å²) in [5, 5.41) is 9.49. The van der Waals surface area contributed by atoms with Gasteiger partial charge in [-0.25, -0.2) is 8.78 Å². The number of hydrogen-bond acceptors (Lipinski definition) is 2. The molecule has 0 saturated carbocycles. The highest BCUT2D eigenvalue weighted by atomic mass is 19.2. The Bertz CT molecular complexity index is 810. The van der Waals surface area contributed by atoms with Gasteiger partial charge in [-0.3, -0.25) is 9.59 Å². The van der Waals surface area contributed by atoms with Gasteiger partial charge in [0.2, 0.25) is 5.91 Å². The van der Waals surface area contributed by atoms with Crippen molar-refractivity contribution in [1.82, 2.24) is 4.90 Å². The summed E-state index contributed by atoms with van der Waals surface area (Å²) in [6.45, 7) is 0.435. The van der Waals surface area contributed by atoms with Crippen LogP contribution in [0.3, 0.4) is 0 Å². The summed E-state index contributed by atoms with van der Waals surface area (Å²) in [6.07, 6.45) is 0.0842. The molecule has 4 nitrogen and oxygen atoms in total. The van der Waals surface area contributed by atoms with E-state index in [1.165, 1.54) is 17.0 Å². The van der Waals surface area contributed by atoms with Gasteiger partial charge in [-0.1, -0.05) is 42.5 Å². The molecule has 2 aromatic rings. The van der Waals surface area contributed by atoms with Crippen molar-refractivity contribution in [1.29, 1.82) is 0 Å². The van der Waals surface area contributed by atoms with E-state index in [1.54, 1.807) is 0 Å². The van der Waals surface area contributed by atoms with E-state index in [2.05, 4.69) is 0 Å². The molecule has 0 spiro atoms. The maximum absolute atomic E-state index is 13.7. The third-order valence-corrected chi connectivity index (χ3v) is 4.86. The number of amides is 1. The molecular weight excluding hydrogens is 340 g/mol. The van der Waals surface area contributed by atoms with Crippen LogP contribution in [0.5, 0.6) is 0 Å². The molecule has 26 heavy (non-hydrogen) atoms. The Morgan fingerprint density at radius 3 is 2.46 bits per heavy atom. The van der Waals surface area contributed by atoms with Crippen molar-refractivity contribution >= 4 is 11.9 Å². The zero-order valence-electron chi connectivity index (χ0n) is 14.1. The predicted molar refractivity (Wildman–Crippen MR) is 91.6 cm³/mol. The Labute approximate surface area is 150 Å². The summed E-state index contributed by atoms with van der Waals surface area (Å²) in [4.78, 5) is 25.6. The van der Waals surface area contributed by atoms with E-state index in [0.29, 0.717) is 6.54 Å². The van der Waals surface area contributed by atoms with E-state index >= 15 is 0 Å². The third-order valence-electron chi connectivity index (χ3n) is 4.86. The van der Waals surface area contributed by atoms with Gasteiger partial charge in [0.05, 0.1) is 5.92 Å². The van der Waals surface area contributed by atoms with E-state index in [1.807, 2.05) is 30.3 Å². The Morgan fingerprint density at radius 2 is 1.77 bits per heavy atom. The summed E-state index contributed by atoms with van der Waals surface area (Å²) in [7, 11) is 0. The summed E-state index contributed by atoms with van der Waals surface area (Å²) < 4.78 is 27.0. The SMILES string of the molecule is O=C(O)C1CN(C(=O)CCc2cccc(F)c2F)CC1c1ccccc1. The molecule has 1 aliphatic heterocycles. The molecule has 1 fully saturated rings. The molecule has 2 aromatic carbocycles. The fraction of sp³-hybridized carbons (Fsp3) is 0.300. The van der Waals surface area contributed by atoms with Gasteiger partial charge in [0.25, 0.3) is 0 Å². The van der Waals surface area contributed by atoms with Crippen LogP contribution in [0.1, 0.15) is 23.5 Å². The quantitative estimate of drug-likeness (QED) is 0.892. The van der Waals surface area contributed by atoms with Crippen LogP contribution >= 0.6 is 0 Å². The number of carbonyl (C=O) groups is 2. The van der Waals surface area contributed by atoms with Gasteiger partial charge in [0, 0.05) is 25.4 Å². The van der Waals surface area contributed by atoms with Crippen LogP contribution in [0, 0.1) is 17.6 Å². The van der Waals surface area contributed by atoms with Crippen molar-refractivity contribution in [3.05, 3.63) is 71.3 Å². The lowest BCUT2D eigenvalue weighted by Gasteiger charge is -2.16. The second kappa shape index (κ2) is 7.64. The summed E-state index contributed by atoms with van der Waals surface area (Å²) in [6, 6.07) is 13.1. The van der Waals surface area contributed by atoms with Crippen molar-refractivity contribution in [2.24, 2.45) is 5.92 Å². The van der Waals surface area contributed by atoms with Crippen molar-refractivity contribution in [3.8, 4) is 0 Å². The highest BCUT2D eigenvalue weighted by molar-refractivity contribution is 5.80. The van der Waals surface area contributed by atoms with Gasteiger partial charge in [0.1, 0.15) is 0 Å². The van der Waals surface area contributed by atoms with Crippen LogP contribution < -0.4 is 0 Å². The highest BCUT2D eigenvalue weighted by Crippen LogP contribution is 2.33. The number of carboxylic acids is 1. The largest absolute Gasteiger partial charge is 0.481 e. The van der Waals surface area contributed by atoms with Crippen molar-refractivity contribution in [3.63, 3.8) is 0 Å².